The largest absolute Gasteiger partial charge is 0.497 e. The number of nitrogens with one attached hydrogen (secondary N) is 1. The zero-order chi connectivity index (χ0) is 21.1. The minimum absolute atomic E-state index is 0.171. The molecule has 2 heterocycles. The average molecular weight is 469 g/mol. The van der Waals surface area contributed by atoms with Gasteiger partial charge in [0.05, 0.1) is 18.5 Å². The normalized spacial score (nSPS) is 14.5. The van der Waals surface area contributed by atoms with E-state index in [2.05, 4.69) is 21.4 Å². The van der Waals surface area contributed by atoms with Gasteiger partial charge in [-0.25, -0.2) is 9.69 Å². The first-order chi connectivity index (χ1) is 14.6. The first-order valence-corrected chi connectivity index (χ1v) is 10.9. The zero-order valence-electron chi connectivity index (χ0n) is 17.2. The Morgan fingerprint density at radius 1 is 1.07 bits per heavy atom. The van der Waals surface area contributed by atoms with E-state index in [1.54, 1.807) is 7.11 Å². The van der Waals surface area contributed by atoms with Gasteiger partial charge in [0.15, 0.2) is 5.69 Å². The van der Waals surface area contributed by atoms with Crippen LogP contribution in [0, 0.1) is 6.92 Å². The minimum atomic E-state index is -0.171. The summed E-state index contributed by atoms with van der Waals surface area (Å²) < 4.78 is 8.04. The van der Waals surface area contributed by atoms with Crippen LogP contribution in [0.2, 0.25) is 0 Å². The van der Waals surface area contributed by atoms with Crippen LogP contribution in [0.15, 0.2) is 53.0 Å². The number of aromatic nitrogens is 2. The highest BCUT2D eigenvalue weighted by Crippen LogP contribution is 2.32. The number of amides is 1. The third kappa shape index (κ3) is 4.13. The monoisotopic (exact) mass is 468 g/mol. The molecule has 2 aromatic carbocycles. The number of nitrogens with zero attached hydrogens (tertiary/aromatic N) is 3. The molecule has 1 N–H and O–H groups in total. The summed E-state index contributed by atoms with van der Waals surface area (Å²) in [4.78, 5) is 13.1. The summed E-state index contributed by atoms with van der Waals surface area (Å²) in [6, 6.07) is 15.7. The van der Waals surface area contributed by atoms with Crippen molar-refractivity contribution in [2.24, 2.45) is 0 Å². The summed E-state index contributed by atoms with van der Waals surface area (Å²) in [5, 5.41) is 6.74. The van der Waals surface area contributed by atoms with Gasteiger partial charge in [0.25, 0.3) is 5.91 Å². The van der Waals surface area contributed by atoms with Gasteiger partial charge in [0.2, 0.25) is 0 Å². The van der Waals surface area contributed by atoms with Crippen LogP contribution in [0.25, 0.3) is 16.9 Å². The van der Waals surface area contributed by atoms with E-state index in [0.29, 0.717) is 5.69 Å². The number of hydrogen-bond donors (Lipinski definition) is 1. The van der Waals surface area contributed by atoms with Gasteiger partial charge in [-0.3, -0.25) is 10.2 Å². The maximum absolute atomic E-state index is 13.1. The van der Waals surface area contributed by atoms with E-state index < -0.39 is 0 Å². The molecule has 1 aromatic heterocycles. The van der Waals surface area contributed by atoms with E-state index in [0.717, 1.165) is 58.7 Å². The molecule has 0 bridgehead atoms. The highest BCUT2D eigenvalue weighted by molar-refractivity contribution is 9.10. The summed E-state index contributed by atoms with van der Waals surface area (Å²) in [5.74, 6) is 0.612. The molecule has 0 aliphatic carbocycles. The minimum Gasteiger partial charge on any atom is -0.497 e. The highest BCUT2D eigenvalue weighted by Gasteiger charge is 2.24. The van der Waals surface area contributed by atoms with Gasteiger partial charge in [-0.2, -0.15) is 5.10 Å². The Kier molecular flexibility index (Phi) is 6.20. The fourth-order valence-electron chi connectivity index (χ4n) is 3.80. The molecule has 6 nitrogen and oxygen atoms in total. The predicted molar refractivity (Wildman–Crippen MR) is 121 cm³/mol. The number of benzene rings is 2. The van der Waals surface area contributed by atoms with Crippen molar-refractivity contribution >= 4 is 21.8 Å². The van der Waals surface area contributed by atoms with Gasteiger partial charge in [0, 0.05) is 28.7 Å². The molecule has 0 saturated carbocycles. The smallest absolute Gasteiger partial charge is 0.286 e. The van der Waals surface area contributed by atoms with Crippen molar-refractivity contribution in [3.63, 3.8) is 0 Å². The maximum atomic E-state index is 13.1. The molecule has 0 atom stereocenters. The van der Waals surface area contributed by atoms with E-state index >= 15 is 0 Å². The van der Waals surface area contributed by atoms with Crippen LogP contribution in [-0.4, -0.2) is 40.9 Å². The molecule has 4 rings (SSSR count). The number of methoxy groups -OCH3 is 1. The number of piperidine rings is 1. The standard InChI is InChI=1S/C23H25BrN4O2/c1-16-21(23(29)26-27-14-6-3-7-15-27)25-28(20-9-5-4-8-19(20)24)22(16)17-10-12-18(30-2)13-11-17/h4-5,8-13H,3,6-7,14-15H2,1-2H3,(H,26,29). The number of halogens is 1. The van der Waals surface area contributed by atoms with Gasteiger partial charge in [-0.15, -0.1) is 0 Å². The van der Waals surface area contributed by atoms with Crippen LogP contribution in [0.1, 0.15) is 35.3 Å². The van der Waals surface area contributed by atoms with Gasteiger partial charge in [-0.05, 0) is 72.1 Å². The SMILES string of the molecule is COc1ccc(-c2c(C)c(C(=O)NN3CCCCC3)nn2-c2ccccc2Br)cc1. The second-order valence-electron chi connectivity index (χ2n) is 7.40. The molecule has 1 fully saturated rings. The number of carbonyl (C=O) groups excluding carboxylic acids is 1. The number of rotatable bonds is 5. The van der Waals surface area contributed by atoms with Crippen LogP contribution in [-0.2, 0) is 0 Å². The third-order valence-corrected chi connectivity index (χ3v) is 6.07. The predicted octanol–water partition coefficient (Wildman–Crippen LogP) is 4.75. The molecule has 30 heavy (non-hydrogen) atoms. The van der Waals surface area contributed by atoms with Crippen LogP contribution in [0.3, 0.4) is 0 Å². The third-order valence-electron chi connectivity index (χ3n) is 5.40. The molecule has 1 amide bonds. The second-order valence-corrected chi connectivity index (χ2v) is 8.26. The fourth-order valence-corrected chi connectivity index (χ4v) is 4.25. The Balaban J connectivity index is 1.78. The van der Waals surface area contributed by atoms with Gasteiger partial charge in [0.1, 0.15) is 5.75 Å². The van der Waals surface area contributed by atoms with Crippen LogP contribution >= 0.6 is 15.9 Å². The Morgan fingerprint density at radius 2 is 1.77 bits per heavy atom. The molecule has 3 aromatic rings. The quantitative estimate of drug-likeness (QED) is 0.586. The summed E-state index contributed by atoms with van der Waals surface area (Å²) in [6.45, 7) is 3.70. The lowest BCUT2D eigenvalue weighted by molar-refractivity contribution is 0.0743. The van der Waals surface area contributed by atoms with Crippen LogP contribution in [0.4, 0.5) is 0 Å². The Bertz CT molecular complexity index is 1040. The van der Waals surface area contributed by atoms with Crippen LogP contribution in [0.5, 0.6) is 5.75 Å². The van der Waals surface area contributed by atoms with Gasteiger partial charge in [-0.1, -0.05) is 18.6 Å². The number of hydrazine groups is 1. The van der Waals surface area contributed by atoms with Crippen molar-refractivity contribution in [3.8, 4) is 22.7 Å². The van der Waals surface area contributed by atoms with Gasteiger partial charge >= 0.3 is 0 Å². The molecule has 1 aliphatic rings. The summed E-state index contributed by atoms with van der Waals surface area (Å²) in [5.41, 5.74) is 7.04. The van der Waals surface area contributed by atoms with Crippen LogP contribution < -0.4 is 10.2 Å². The average Bonchev–Trinajstić information content (AvgIpc) is 3.12. The number of ether oxygens (including phenoxy) is 1. The molecule has 1 saturated heterocycles. The topological polar surface area (TPSA) is 59.4 Å². The number of para-hydroxylation sites is 1. The fraction of sp³-hybridized carbons (Fsp3) is 0.304. The van der Waals surface area contributed by atoms with E-state index in [1.807, 2.05) is 65.1 Å². The number of hydrogen-bond acceptors (Lipinski definition) is 4. The lowest BCUT2D eigenvalue weighted by atomic mass is 10.1. The van der Waals surface area contributed by atoms with E-state index in [-0.39, 0.29) is 5.91 Å². The van der Waals surface area contributed by atoms with Crippen molar-refractivity contribution < 1.29 is 9.53 Å². The highest BCUT2D eigenvalue weighted by atomic mass is 79.9. The molecule has 156 valence electrons. The second kappa shape index (κ2) is 9.02. The molecule has 7 heteroatoms. The van der Waals surface area contributed by atoms with E-state index in [1.165, 1.54) is 6.42 Å². The molecule has 1 aliphatic heterocycles. The van der Waals surface area contributed by atoms with Crippen molar-refractivity contribution in [1.29, 1.82) is 0 Å². The first kappa shape index (κ1) is 20.6. The van der Waals surface area contributed by atoms with Crippen molar-refractivity contribution in [3.05, 3.63) is 64.3 Å². The summed E-state index contributed by atoms with van der Waals surface area (Å²) in [6.07, 6.45) is 3.41. The van der Waals surface area contributed by atoms with Crippen molar-refractivity contribution in [2.75, 3.05) is 20.2 Å². The first-order valence-electron chi connectivity index (χ1n) is 10.1. The molecule has 0 spiro atoms. The lowest BCUT2D eigenvalue weighted by Gasteiger charge is -2.26. The molecule has 0 unspecified atom stereocenters. The zero-order valence-corrected chi connectivity index (χ0v) is 18.8. The lowest BCUT2D eigenvalue weighted by Crippen LogP contribution is -2.45. The van der Waals surface area contributed by atoms with Gasteiger partial charge < -0.3 is 4.74 Å². The molecular formula is C23H25BrN4O2. The molecule has 0 radical (unpaired) electrons. The Labute approximate surface area is 184 Å². The number of carbonyl (C=O) groups is 1. The molecular weight excluding hydrogens is 444 g/mol. The summed E-state index contributed by atoms with van der Waals surface area (Å²) in [7, 11) is 1.65. The van der Waals surface area contributed by atoms with E-state index in [9.17, 15) is 4.79 Å². The van der Waals surface area contributed by atoms with Crippen molar-refractivity contribution in [2.45, 2.75) is 26.2 Å². The Morgan fingerprint density at radius 3 is 2.43 bits per heavy atom. The van der Waals surface area contributed by atoms with Crippen molar-refractivity contribution in [1.82, 2.24) is 20.2 Å². The Hall–Kier alpha value is -2.64. The van der Waals surface area contributed by atoms with E-state index in [4.69, 9.17) is 9.84 Å². The maximum Gasteiger partial charge on any atom is 0.286 e. The summed E-state index contributed by atoms with van der Waals surface area (Å²) >= 11 is 3.62.